The average Bonchev–Trinajstić information content (AvgIpc) is 1.69. The van der Waals surface area contributed by atoms with Crippen LogP contribution in [0.4, 0.5) is 0 Å². The summed E-state index contributed by atoms with van der Waals surface area (Å²) in [6.45, 7) is 0.330. The van der Waals surface area contributed by atoms with Crippen molar-refractivity contribution in [3.05, 3.63) is 12.2 Å². The molecule has 5 heteroatoms. The smallest absolute Gasteiger partial charge is 0.177 e. The van der Waals surface area contributed by atoms with Gasteiger partial charge in [-0.05, 0) is 12.2 Å². The Balaban J connectivity index is -0.000000163. The predicted octanol–water partition coefficient (Wildman–Crippen LogP) is -1.03. The fourth-order valence-electron chi connectivity index (χ4n) is 0.407. The Hall–Kier alpha value is -0.710. The van der Waals surface area contributed by atoms with Crippen molar-refractivity contribution in [3.8, 4) is 0 Å². The van der Waals surface area contributed by atoms with Gasteiger partial charge in [-0.2, -0.15) is 0 Å². The van der Waals surface area contributed by atoms with Crippen LogP contribution in [0.15, 0.2) is 17.1 Å². The number of carbonyl (C=O) groups is 1. The average molecular weight is 168 g/mol. The van der Waals surface area contributed by atoms with Crippen molar-refractivity contribution < 1.29 is 15.7 Å². The Labute approximate surface area is 64.7 Å². The molecule has 0 aromatic heterocycles. The van der Waals surface area contributed by atoms with Crippen LogP contribution in [0.3, 0.4) is 0 Å². The second kappa shape index (κ2) is 8.29. The maximum absolute atomic E-state index is 10.3. The van der Waals surface area contributed by atoms with Crippen molar-refractivity contribution in [2.24, 2.45) is 4.99 Å². The highest BCUT2D eigenvalue weighted by molar-refractivity contribution is 5.98. The summed E-state index contributed by atoms with van der Waals surface area (Å²) in [5, 5.41) is 0. The van der Waals surface area contributed by atoms with Gasteiger partial charge in [0.05, 0.1) is 0 Å². The molecular formula is C5H10ClNO3. The van der Waals surface area contributed by atoms with Gasteiger partial charge in [0.1, 0.15) is 6.54 Å². The van der Waals surface area contributed by atoms with Crippen LogP contribution in [0.1, 0.15) is 0 Å². The molecule has 4 N–H and O–H groups in total. The van der Waals surface area contributed by atoms with E-state index in [1.54, 1.807) is 12.3 Å². The van der Waals surface area contributed by atoms with Gasteiger partial charge in [0.2, 0.25) is 0 Å². The number of rotatable bonds is 0. The van der Waals surface area contributed by atoms with Crippen LogP contribution >= 0.6 is 12.4 Å². The minimum Gasteiger partial charge on any atom is -0.412 e. The van der Waals surface area contributed by atoms with E-state index in [4.69, 9.17) is 0 Å². The molecule has 1 aliphatic rings. The van der Waals surface area contributed by atoms with E-state index in [9.17, 15) is 4.79 Å². The molecule has 1 rings (SSSR count). The summed E-state index contributed by atoms with van der Waals surface area (Å²) < 4.78 is 0. The summed E-state index contributed by atoms with van der Waals surface area (Å²) in [4.78, 5) is 14.0. The first-order valence-corrected chi connectivity index (χ1v) is 2.09. The van der Waals surface area contributed by atoms with Crippen molar-refractivity contribution in [2.75, 3.05) is 6.54 Å². The SMILES string of the molecule is Cl.O.O.O=C1C=CC=NC1. The Morgan fingerprint density at radius 1 is 1.40 bits per heavy atom. The Kier molecular flexibility index (Phi) is 13.4. The highest BCUT2D eigenvalue weighted by Gasteiger charge is 1.93. The standard InChI is InChI=1S/C5H5NO.ClH.2H2O/c7-5-2-1-3-6-4-5;;;/h1-3H,4H2;1H;2*1H2. The molecule has 1 heterocycles. The van der Waals surface area contributed by atoms with E-state index in [0.29, 0.717) is 6.54 Å². The molecule has 0 bridgehead atoms. The summed E-state index contributed by atoms with van der Waals surface area (Å²) >= 11 is 0. The van der Waals surface area contributed by atoms with Crippen LogP contribution in [-0.4, -0.2) is 29.5 Å². The van der Waals surface area contributed by atoms with Gasteiger partial charge in [-0.3, -0.25) is 9.79 Å². The fraction of sp³-hybridized carbons (Fsp3) is 0.200. The topological polar surface area (TPSA) is 92.4 Å². The highest BCUT2D eigenvalue weighted by atomic mass is 35.5. The van der Waals surface area contributed by atoms with Gasteiger partial charge in [0.25, 0.3) is 0 Å². The third-order valence-electron chi connectivity index (χ3n) is 0.721. The van der Waals surface area contributed by atoms with Crippen LogP contribution in [0, 0.1) is 0 Å². The van der Waals surface area contributed by atoms with Crippen LogP contribution in [0.25, 0.3) is 0 Å². The van der Waals surface area contributed by atoms with Crippen molar-refractivity contribution in [2.45, 2.75) is 0 Å². The normalized spacial score (nSPS) is 12.6. The molecule has 0 aromatic rings. The number of carbonyl (C=O) groups excluding carboxylic acids is 1. The number of dihydropyridines is 1. The molecule has 0 radical (unpaired) electrons. The van der Waals surface area contributed by atoms with Gasteiger partial charge in [0, 0.05) is 6.21 Å². The molecule has 4 nitrogen and oxygen atoms in total. The molecule has 0 aliphatic carbocycles. The Morgan fingerprint density at radius 3 is 2.20 bits per heavy atom. The number of ketones is 1. The van der Waals surface area contributed by atoms with Gasteiger partial charge in [-0.25, -0.2) is 0 Å². The van der Waals surface area contributed by atoms with Crippen LogP contribution in [0.2, 0.25) is 0 Å². The van der Waals surface area contributed by atoms with Crippen molar-refractivity contribution >= 4 is 24.4 Å². The maximum atomic E-state index is 10.3. The molecule has 60 valence electrons. The molecule has 0 amide bonds. The van der Waals surface area contributed by atoms with E-state index in [0.717, 1.165) is 0 Å². The molecule has 0 atom stereocenters. The van der Waals surface area contributed by atoms with Crippen LogP contribution in [-0.2, 0) is 4.79 Å². The lowest BCUT2D eigenvalue weighted by atomic mass is 10.3. The minimum atomic E-state index is 0. The molecule has 0 fully saturated rings. The second-order valence-electron chi connectivity index (χ2n) is 1.32. The van der Waals surface area contributed by atoms with E-state index >= 15 is 0 Å². The zero-order chi connectivity index (χ0) is 5.11. The molecule has 0 spiro atoms. The van der Waals surface area contributed by atoms with Gasteiger partial charge >= 0.3 is 0 Å². The summed E-state index contributed by atoms with van der Waals surface area (Å²) in [7, 11) is 0. The van der Waals surface area contributed by atoms with Crippen molar-refractivity contribution in [1.29, 1.82) is 0 Å². The third-order valence-corrected chi connectivity index (χ3v) is 0.721. The van der Waals surface area contributed by atoms with Gasteiger partial charge in [-0.1, -0.05) is 0 Å². The molecule has 0 unspecified atom stereocenters. The van der Waals surface area contributed by atoms with Crippen molar-refractivity contribution in [3.63, 3.8) is 0 Å². The monoisotopic (exact) mass is 167 g/mol. The quantitative estimate of drug-likeness (QED) is 0.453. The lowest BCUT2D eigenvalue weighted by molar-refractivity contribution is -0.113. The number of nitrogens with zero attached hydrogens (tertiary/aromatic N) is 1. The summed E-state index contributed by atoms with van der Waals surface area (Å²) in [6, 6.07) is 0. The lowest BCUT2D eigenvalue weighted by Gasteiger charge is -1.88. The molecule has 1 aliphatic heterocycles. The summed E-state index contributed by atoms with van der Waals surface area (Å²) in [6.07, 6.45) is 4.79. The van der Waals surface area contributed by atoms with E-state index in [2.05, 4.69) is 4.99 Å². The number of hydrogen-bond donors (Lipinski definition) is 0. The zero-order valence-electron chi connectivity index (χ0n) is 5.20. The Bertz CT molecular complexity index is 144. The molecule has 0 saturated carbocycles. The largest absolute Gasteiger partial charge is 0.412 e. The second-order valence-corrected chi connectivity index (χ2v) is 1.32. The lowest BCUT2D eigenvalue weighted by Crippen LogP contribution is -2.00. The van der Waals surface area contributed by atoms with E-state index in [-0.39, 0.29) is 29.1 Å². The maximum Gasteiger partial charge on any atom is 0.177 e. The van der Waals surface area contributed by atoms with Crippen LogP contribution < -0.4 is 0 Å². The molecule has 10 heavy (non-hydrogen) atoms. The minimum absolute atomic E-state index is 0. The third kappa shape index (κ3) is 5.43. The fourth-order valence-corrected chi connectivity index (χ4v) is 0.407. The van der Waals surface area contributed by atoms with Gasteiger partial charge in [-0.15, -0.1) is 12.4 Å². The first kappa shape index (κ1) is 16.1. The van der Waals surface area contributed by atoms with Gasteiger partial charge < -0.3 is 11.0 Å². The van der Waals surface area contributed by atoms with Crippen molar-refractivity contribution in [1.82, 2.24) is 0 Å². The first-order valence-electron chi connectivity index (χ1n) is 2.09. The number of hydrogen-bond acceptors (Lipinski definition) is 2. The van der Waals surface area contributed by atoms with E-state index in [1.807, 2.05) is 0 Å². The van der Waals surface area contributed by atoms with Gasteiger partial charge in [0.15, 0.2) is 5.78 Å². The number of halogens is 1. The molecule has 0 saturated heterocycles. The number of aliphatic imine (C=N–C) groups is 1. The molecular weight excluding hydrogens is 158 g/mol. The zero-order valence-corrected chi connectivity index (χ0v) is 6.02. The number of allylic oxidation sites excluding steroid dienone is 1. The highest BCUT2D eigenvalue weighted by Crippen LogP contribution is 1.82. The first-order chi connectivity index (χ1) is 3.39. The summed E-state index contributed by atoms with van der Waals surface area (Å²) in [5.74, 6) is 0.0856. The van der Waals surface area contributed by atoms with E-state index in [1.165, 1.54) is 6.08 Å². The van der Waals surface area contributed by atoms with E-state index < -0.39 is 0 Å². The molecule has 0 aromatic carbocycles. The Morgan fingerprint density at radius 2 is 2.00 bits per heavy atom. The van der Waals surface area contributed by atoms with Crippen LogP contribution in [0.5, 0.6) is 0 Å². The predicted molar refractivity (Wildman–Crippen MR) is 42.0 cm³/mol. The summed E-state index contributed by atoms with van der Waals surface area (Å²) in [5.41, 5.74) is 0.